The summed E-state index contributed by atoms with van der Waals surface area (Å²) >= 11 is 0. The molecule has 0 atom stereocenters. The third-order valence-corrected chi connectivity index (χ3v) is 10.4. The average Bonchev–Trinajstić information content (AvgIpc) is 3.60. The molecule has 8 nitrogen and oxygen atoms in total. The minimum atomic E-state index is -1.03. The van der Waals surface area contributed by atoms with E-state index < -0.39 is 10.8 Å². The fraction of sp³-hybridized carbons (Fsp3) is 0.136. The van der Waals surface area contributed by atoms with Gasteiger partial charge in [0.25, 0.3) is 0 Å². The van der Waals surface area contributed by atoms with Crippen molar-refractivity contribution >= 4 is 23.2 Å². The van der Waals surface area contributed by atoms with E-state index in [0.717, 1.165) is 44.8 Å². The molecule has 0 unspecified atom stereocenters. The summed E-state index contributed by atoms with van der Waals surface area (Å²) in [4.78, 5) is 26.6. The minimum Gasteiger partial charge on any atom is -0.508 e. The highest BCUT2D eigenvalue weighted by atomic mass is 16.3. The van der Waals surface area contributed by atoms with E-state index >= 15 is 0 Å². The van der Waals surface area contributed by atoms with E-state index in [1.807, 2.05) is 100 Å². The summed E-state index contributed by atoms with van der Waals surface area (Å²) in [7, 11) is 0. The molecule has 8 rings (SSSR count). The molecule has 0 fully saturated rings. The Bertz CT molecular complexity index is 2140. The summed E-state index contributed by atoms with van der Waals surface area (Å²) in [6.45, 7) is 7.25. The van der Waals surface area contributed by atoms with E-state index in [0.29, 0.717) is 22.3 Å². The van der Waals surface area contributed by atoms with E-state index in [4.69, 9.17) is 0 Å². The van der Waals surface area contributed by atoms with E-state index in [-0.39, 0.29) is 34.8 Å². The van der Waals surface area contributed by atoms with Crippen LogP contribution in [0.2, 0.25) is 0 Å². The summed E-state index contributed by atoms with van der Waals surface area (Å²) < 4.78 is 0. The molecule has 52 heavy (non-hydrogen) atoms. The number of fused-ring (bicyclic) bond motifs is 2. The number of anilines is 2. The first kappa shape index (κ1) is 33.9. The molecule has 2 heterocycles. The van der Waals surface area contributed by atoms with Gasteiger partial charge < -0.3 is 31.1 Å². The molecule has 0 radical (unpaired) electrons. The lowest BCUT2D eigenvalue weighted by molar-refractivity contribution is -0.119. The maximum atomic E-state index is 13.3. The lowest BCUT2D eigenvalue weighted by Gasteiger charge is -2.30. The summed E-state index contributed by atoms with van der Waals surface area (Å²) in [5.41, 5.74) is 7.12. The highest BCUT2D eigenvalue weighted by molar-refractivity contribution is 6.12. The van der Waals surface area contributed by atoms with Gasteiger partial charge in [0.15, 0.2) is 0 Å². The first-order chi connectivity index (χ1) is 24.9. The van der Waals surface area contributed by atoms with Gasteiger partial charge in [0.1, 0.15) is 33.8 Å². The van der Waals surface area contributed by atoms with Crippen LogP contribution in [0.1, 0.15) is 55.6 Å². The highest BCUT2D eigenvalue weighted by Crippen LogP contribution is 2.50. The minimum absolute atomic E-state index is 0.145. The maximum Gasteiger partial charge on any atom is 0.244 e. The molecule has 6 N–H and O–H groups in total. The van der Waals surface area contributed by atoms with E-state index in [1.165, 1.54) is 0 Å². The molecule has 6 aromatic carbocycles. The lowest BCUT2D eigenvalue weighted by Crippen LogP contribution is -2.37. The lowest BCUT2D eigenvalue weighted by atomic mass is 9.69. The summed E-state index contributed by atoms with van der Waals surface area (Å²) in [5, 5.41) is 45.8. The van der Waals surface area contributed by atoms with E-state index in [1.54, 1.807) is 48.5 Å². The molecule has 6 aromatic rings. The van der Waals surface area contributed by atoms with Gasteiger partial charge in [-0.1, -0.05) is 84.9 Å². The van der Waals surface area contributed by atoms with Crippen molar-refractivity contribution in [2.24, 2.45) is 0 Å². The van der Waals surface area contributed by atoms with Gasteiger partial charge >= 0.3 is 0 Å². The molecule has 0 aromatic heterocycles. The number of aryl methyl sites for hydroxylation is 4. The quantitative estimate of drug-likeness (QED) is 0.111. The second-order valence-corrected chi connectivity index (χ2v) is 13.5. The number of carbonyl (C=O) groups is 2. The van der Waals surface area contributed by atoms with Gasteiger partial charge in [0.05, 0.1) is 0 Å². The third kappa shape index (κ3) is 5.14. The SMILES string of the molecule is Cc1cc(C2(c3ccc(O)c(C)c3)C(=O)Nc3ccccc32)ccc1O.Cc1cc(C2(c3ccc(O)c(C)c3)C(=O)Nc3ccccc32)ccc1O. The molecular formula is C44H38N2O6. The number of hydrogen-bond acceptors (Lipinski definition) is 6. The van der Waals surface area contributed by atoms with Crippen LogP contribution in [0, 0.1) is 27.7 Å². The summed E-state index contributed by atoms with van der Waals surface area (Å²) in [6, 6.07) is 36.2. The molecule has 0 saturated heterocycles. The van der Waals surface area contributed by atoms with Crippen LogP contribution < -0.4 is 10.6 Å². The van der Waals surface area contributed by atoms with Crippen LogP contribution in [0.15, 0.2) is 121 Å². The van der Waals surface area contributed by atoms with Gasteiger partial charge in [0.2, 0.25) is 11.8 Å². The van der Waals surface area contributed by atoms with Crippen LogP contribution in [0.4, 0.5) is 11.4 Å². The average molecular weight is 691 g/mol. The smallest absolute Gasteiger partial charge is 0.244 e. The van der Waals surface area contributed by atoms with Crippen molar-refractivity contribution in [1.82, 2.24) is 0 Å². The van der Waals surface area contributed by atoms with Crippen LogP contribution >= 0.6 is 0 Å². The Kier molecular flexibility index (Phi) is 8.26. The zero-order valence-corrected chi connectivity index (χ0v) is 29.2. The Hall–Kier alpha value is -6.54. The zero-order valence-electron chi connectivity index (χ0n) is 29.2. The van der Waals surface area contributed by atoms with Crippen molar-refractivity contribution < 1.29 is 30.0 Å². The number of hydrogen-bond donors (Lipinski definition) is 6. The fourth-order valence-corrected chi connectivity index (χ4v) is 7.55. The molecule has 2 aliphatic rings. The largest absolute Gasteiger partial charge is 0.508 e. The predicted molar refractivity (Wildman–Crippen MR) is 201 cm³/mol. The van der Waals surface area contributed by atoms with E-state index in [2.05, 4.69) is 10.6 Å². The molecule has 0 spiro atoms. The number of amides is 2. The van der Waals surface area contributed by atoms with Crippen LogP contribution in [-0.2, 0) is 20.4 Å². The molecule has 0 bridgehead atoms. The number of aromatic hydroxyl groups is 4. The second-order valence-electron chi connectivity index (χ2n) is 13.5. The predicted octanol–water partition coefficient (Wildman–Crippen LogP) is 8.00. The molecule has 8 heteroatoms. The third-order valence-electron chi connectivity index (χ3n) is 10.4. The molecule has 2 amide bonds. The monoisotopic (exact) mass is 690 g/mol. The van der Waals surface area contributed by atoms with Crippen LogP contribution in [-0.4, -0.2) is 32.2 Å². The number of phenols is 4. The number of benzene rings is 6. The Balaban J connectivity index is 0.000000162. The Morgan fingerprint density at radius 1 is 0.404 bits per heavy atom. The van der Waals surface area contributed by atoms with Crippen molar-refractivity contribution in [2.75, 3.05) is 10.6 Å². The Morgan fingerprint density at radius 2 is 0.673 bits per heavy atom. The van der Waals surface area contributed by atoms with Gasteiger partial charge in [0, 0.05) is 22.5 Å². The maximum absolute atomic E-state index is 13.3. The molecule has 0 saturated carbocycles. The van der Waals surface area contributed by atoms with E-state index in [9.17, 15) is 30.0 Å². The van der Waals surface area contributed by atoms with Gasteiger partial charge in [-0.2, -0.15) is 0 Å². The number of para-hydroxylation sites is 2. The first-order valence-corrected chi connectivity index (χ1v) is 16.9. The van der Waals surface area contributed by atoms with Crippen molar-refractivity contribution in [3.8, 4) is 23.0 Å². The van der Waals surface area contributed by atoms with Crippen molar-refractivity contribution in [1.29, 1.82) is 0 Å². The fourth-order valence-electron chi connectivity index (χ4n) is 7.55. The van der Waals surface area contributed by atoms with Gasteiger partial charge in [-0.3, -0.25) is 9.59 Å². The van der Waals surface area contributed by atoms with Crippen LogP contribution in [0.3, 0.4) is 0 Å². The number of phenolic OH excluding ortho intramolecular Hbond substituents is 4. The van der Waals surface area contributed by atoms with Crippen molar-refractivity contribution in [2.45, 2.75) is 38.5 Å². The summed E-state index contributed by atoms with van der Waals surface area (Å²) in [6.07, 6.45) is 0. The number of rotatable bonds is 4. The topological polar surface area (TPSA) is 139 Å². The highest BCUT2D eigenvalue weighted by Gasteiger charge is 2.51. The molecular weight excluding hydrogens is 652 g/mol. The Labute approximate surface area is 301 Å². The van der Waals surface area contributed by atoms with Gasteiger partial charge in [-0.05, 0) is 109 Å². The summed E-state index contributed by atoms with van der Waals surface area (Å²) in [5.74, 6) is 0.479. The van der Waals surface area contributed by atoms with Gasteiger partial charge in [-0.15, -0.1) is 0 Å². The molecule has 2 aliphatic heterocycles. The van der Waals surface area contributed by atoms with Crippen molar-refractivity contribution in [3.63, 3.8) is 0 Å². The number of nitrogens with one attached hydrogen (secondary N) is 2. The second kappa shape index (κ2) is 12.7. The Morgan fingerprint density at radius 3 is 0.942 bits per heavy atom. The normalized spacial score (nSPS) is 14.8. The van der Waals surface area contributed by atoms with Crippen LogP contribution in [0.5, 0.6) is 23.0 Å². The van der Waals surface area contributed by atoms with Gasteiger partial charge in [-0.25, -0.2) is 0 Å². The zero-order chi connectivity index (χ0) is 36.9. The van der Waals surface area contributed by atoms with Crippen molar-refractivity contribution in [3.05, 3.63) is 177 Å². The van der Waals surface area contributed by atoms with Crippen LogP contribution in [0.25, 0.3) is 0 Å². The molecule has 260 valence electrons. The first-order valence-electron chi connectivity index (χ1n) is 16.9. The standard InChI is InChI=1S/2C22H19NO3/c2*1-13-11-15(7-9-19(13)24)22(16-8-10-20(25)14(2)12-16)17-5-3-4-6-18(17)23-21(22)26/h2*3-12,24-25H,1-2H3,(H,23,26). The number of carbonyl (C=O) groups excluding carboxylic acids is 2. The molecule has 0 aliphatic carbocycles.